The monoisotopic (exact) mass is 350 g/mol. The number of anilines is 1. The van der Waals surface area contributed by atoms with Gasteiger partial charge in [-0.15, -0.1) is 0 Å². The lowest BCUT2D eigenvalue weighted by atomic mass is 10.2. The minimum Gasteiger partial charge on any atom is -0.366 e. The highest BCUT2D eigenvalue weighted by Crippen LogP contribution is 2.10. The zero-order valence-electron chi connectivity index (χ0n) is 13.4. The summed E-state index contributed by atoms with van der Waals surface area (Å²) in [6.45, 7) is 0. The summed E-state index contributed by atoms with van der Waals surface area (Å²) < 4.78 is 0.880. The predicted octanol–water partition coefficient (Wildman–Crippen LogP) is 0.877. The van der Waals surface area contributed by atoms with E-state index in [1.165, 1.54) is 24.3 Å². The van der Waals surface area contributed by atoms with Crippen molar-refractivity contribution in [1.82, 2.24) is 9.55 Å². The molecule has 3 rings (SSSR count). The maximum absolute atomic E-state index is 12.6. The number of amides is 2. The van der Waals surface area contributed by atoms with E-state index in [1.54, 1.807) is 30.3 Å². The van der Waals surface area contributed by atoms with Crippen LogP contribution in [0.25, 0.3) is 5.69 Å². The Labute approximate surface area is 146 Å². The molecule has 2 aromatic carbocycles. The molecule has 4 N–H and O–H groups in total. The van der Waals surface area contributed by atoms with Gasteiger partial charge in [0.25, 0.3) is 11.5 Å². The first-order valence-corrected chi connectivity index (χ1v) is 7.59. The van der Waals surface area contributed by atoms with Crippen LogP contribution < -0.4 is 22.3 Å². The van der Waals surface area contributed by atoms with Crippen LogP contribution in [0.4, 0.5) is 5.69 Å². The molecule has 130 valence electrons. The average molecular weight is 350 g/mol. The van der Waals surface area contributed by atoms with Crippen molar-refractivity contribution >= 4 is 17.5 Å². The normalized spacial score (nSPS) is 10.3. The minimum absolute atomic E-state index is 0.229. The van der Waals surface area contributed by atoms with Gasteiger partial charge in [0.2, 0.25) is 5.91 Å². The van der Waals surface area contributed by atoms with Crippen LogP contribution in [-0.4, -0.2) is 21.4 Å². The number of rotatable bonds is 4. The largest absolute Gasteiger partial charge is 0.366 e. The predicted molar refractivity (Wildman–Crippen MR) is 95.6 cm³/mol. The van der Waals surface area contributed by atoms with Crippen molar-refractivity contribution in [3.63, 3.8) is 0 Å². The van der Waals surface area contributed by atoms with Crippen LogP contribution in [0.3, 0.4) is 0 Å². The lowest BCUT2D eigenvalue weighted by Gasteiger charge is -2.08. The van der Waals surface area contributed by atoms with Gasteiger partial charge in [-0.05, 0) is 36.4 Å². The molecule has 0 spiro atoms. The summed E-state index contributed by atoms with van der Waals surface area (Å²) >= 11 is 0. The van der Waals surface area contributed by atoms with E-state index in [2.05, 4.69) is 10.3 Å². The van der Waals surface area contributed by atoms with Crippen molar-refractivity contribution < 1.29 is 9.59 Å². The maximum atomic E-state index is 12.6. The zero-order valence-corrected chi connectivity index (χ0v) is 13.4. The average Bonchev–Trinajstić information content (AvgIpc) is 2.63. The molecule has 2 amide bonds. The topological polar surface area (TPSA) is 127 Å². The van der Waals surface area contributed by atoms with Crippen LogP contribution in [0.1, 0.15) is 20.7 Å². The molecule has 0 bridgehead atoms. The number of hydrogen-bond acceptors (Lipinski definition) is 4. The van der Waals surface area contributed by atoms with Crippen molar-refractivity contribution in [2.75, 3.05) is 5.32 Å². The van der Waals surface area contributed by atoms with Crippen molar-refractivity contribution in [3.05, 3.63) is 92.8 Å². The number of hydrogen-bond donors (Lipinski definition) is 3. The molecular weight excluding hydrogens is 336 g/mol. The molecule has 1 aromatic heterocycles. The highest BCUT2D eigenvalue weighted by molar-refractivity contribution is 6.04. The first-order chi connectivity index (χ1) is 12.5. The van der Waals surface area contributed by atoms with Gasteiger partial charge in [0, 0.05) is 17.4 Å². The number of benzene rings is 2. The number of aromatic nitrogens is 2. The maximum Gasteiger partial charge on any atom is 0.333 e. The molecule has 3 aromatic rings. The molecule has 0 fully saturated rings. The van der Waals surface area contributed by atoms with Gasteiger partial charge in [-0.1, -0.05) is 18.2 Å². The van der Waals surface area contributed by atoms with Crippen molar-refractivity contribution in [1.29, 1.82) is 0 Å². The van der Waals surface area contributed by atoms with Crippen LogP contribution in [0.15, 0.2) is 70.4 Å². The quantitative estimate of drug-likeness (QED) is 0.645. The summed E-state index contributed by atoms with van der Waals surface area (Å²) in [7, 11) is 0. The van der Waals surface area contributed by atoms with E-state index in [9.17, 15) is 19.2 Å². The van der Waals surface area contributed by atoms with Gasteiger partial charge in [-0.2, -0.15) is 0 Å². The van der Waals surface area contributed by atoms with Gasteiger partial charge in [-0.3, -0.25) is 14.4 Å². The third kappa shape index (κ3) is 3.29. The molecule has 8 heteroatoms. The molecule has 0 aliphatic carbocycles. The highest BCUT2D eigenvalue weighted by Gasteiger charge is 2.16. The Morgan fingerprint density at radius 3 is 2.23 bits per heavy atom. The Balaban J connectivity index is 1.94. The fraction of sp³-hybridized carbons (Fsp3) is 0. The van der Waals surface area contributed by atoms with Gasteiger partial charge in [0.1, 0.15) is 5.56 Å². The molecule has 8 nitrogen and oxygen atoms in total. The number of aromatic amines is 1. The summed E-state index contributed by atoms with van der Waals surface area (Å²) in [5.74, 6) is -1.28. The van der Waals surface area contributed by atoms with E-state index in [4.69, 9.17) is 5.73 Å². The first kappa shape index (κ1) is 16.9. The van der Waals surface area contributed by atoms with Crippen molar-refractivity contribution in [3.8, 4) is 5.69 Å². The Bertz CT molecular complexity index is 1080. The molecule has 0 aliphatic heterocycles. The van der Waals surface area contributed by atoms with Gasteiger partial charge >= 0.3 is 5.69 Å². The van der Waals surface area contributed by atoms with Gasteiger partial charge in [-0.25, -0.2) is 9.36 Å². The molecule has 26 heavy (non-hydrogen) atoms. The number of nitrogens with one attached hydrogen (secondary N) is 2. The molecule has 0 atom stereocenters. The molecule has 0 saturated heterocycles. The summed E-state index contributed by atoms with van der Waals surface area (Å²) in [6, 6.07) is 14.1. The third-order valence-corrected chi connectivity index (χ3v) is 3.66. The second kappa shape index (κ2) is 6.89. The number of nitrogens with zero attached hydrogens (tertiary/aromatic N) is 1. The van der Waals surface area contributed by atoms with E-state index in [0.29, 0.717) is 16.9 Å². The summed E-state index contributed by atoms with van der Waals surface area (Å²) in [5.41, 5.74) is 4.54. The van der Waals surface area contributed by atoms with E-state index >= 15 is 0 Å². The van der Waals surface area contributed by atoms with Crippen LogP contribution in [0.2, 0.25) is 0 Å². The third-order valence-electron chi connectivity index (χ3n) is 3.66. The van der Waals surface area contributed by atoms with Crippen molar-refractivity contribution in [2.45, 2.75) is 0 Å². The molecule has 0 unspecified atom stereocenters. The van der Waals surface area contributed by atoms with Gasteiger partial charge in [0.05, 0.1) is 5.69 Å². The van der Waals surface area contributed by atoms with E-state index < -0.39 is 23.1 Å². The number of para-hydroxylation sites is 1. The van der Waals surface area contributed by atoms with E-state index in [0.717, 1.165) is 10.8 Å². The fourth-order valence-corrected chi connectivity index (χ4v) is 2.36. The minimum atomic E-state index is -0.744. The molecule has 1 heterocycles. The highest BCUT2D eigenvalue weighted by atomic mass is 16.2. The number of H-pyrrole nitrogens is 1. The van der Waals surface area contributed by atoms with Crippen LogP contribution in [0.5, 0.6) is 0 Å². The molecule has 0 aliphatic rings. The van der Waals surface area contributed by atoms with Crippen LogP contribution >= 0.6 is 0 Å². The van der Waals surface area contributed by atoms with E-state index in [-0.39, 0.29) is 5.56 Å². The Kier molecular flexibility index (Phi) is 4.48. The fourth-order valence-electron chi connectivity index (χ4n) is 2.36. The van der Waals surface area contributed by atoms with E-state index in [1.807, 2.05) is 0 Å². The standard InChI is InChI=1S/C18H14N4O4/c19-15(23)11-6-8-12(9-7-11)21-16(24)14-10-20-18(26)22(17(14)25)13-4-2-1-3-5-13/h1-10H,(H2,19,23)(H,20,26)(H,21,24). The Morgan fingerprint density at radius 1 is 0.962 bits per heavy atom. The number of carbonyl (C=O) groups is 2. The molecule has 0 radical (unpaired) electrons. The Morgan fingerprint density at radius 2 is 1.62 bits per heavy atom. The summed E-state index contributed by atoms with van der Waals surface area (Å²) in [6.07, 6.45) is 1.07. The number of carbonyl (C=O) groups excluding carboxylic acids is 2. The Hall–Kier alpha value is -3.94. The van der Waals surface area contributed by atoms with Crippen LogP contribution in [0, 0.1) is 0 Å². The second-order valence-electron chi connectivity index (χ2n) is 5.38. The first-order valence-electron chi connectivity index (χ1n) is 7.59. The van der Waals surface area contributed by atoms with Gasteiger partial charge in [0.15, 0.2) is 0 Å². The lowest BCUT2D eigenvalue weighted by molar-refractivity contribution is 0.0998. The molecule has 0 saturated carbocycles. The van der Waals surface area contributed by atoms with Crippen molar-refractivity contribution in [2.24, 2.45) is 5.73 Å². The van der Waals surface area contributed by atoms with Crippen LogP contribution in [-0.2, 0) is 0 Å². The molecular formula is C18H14N4O4. The summed E-state index contributed by atoms with van der Waals surface area (Å²) in [5, 5.41) is 2.54. The number of nitrogens with two attached hydrogens (primary N) is 1. The summed E-state index contributed by atoms with van der Waals surface area (Å²) in [4.78, 5) is 50.4. The SMILES string of the molecule is NC(=O)c1ccc(NC(=O)c2c[nH]c(=O)n(-c3ccccc3)c2=O)cc1. The second-order valence-corrected chi connectivity index (χ2v) is 5.38. The lowest BCUT2D eigenvalue weighted by Crippen LogP contribution is -2.38. The zero-order chi connectivity index (χ0) is 18.7. The smallest absolute Gasteiger partial charge is 0.333 e. The number of primary amides is 1. The van der Waals surface area contributed by atoms with Gasteiger partial charge < -0.3 is 16.0 Å².